The van der Waals surface area contributed by atoms with Crippen LogP contribution in [0.1, 0.15) is 18.2 Å². The smallest absolute Gasteiger partial charge is 0.161 e. The second-order valence-electron chi connectivity index (χ2n) is 3.83. The molecule has 0 saturated carbocycles. The van der Waals surface area contributed by atoms with E-state index in [1.807, 2.05) is 43.3 Å². The maximum Gasteiger partial charge on any atom is 0.161 e. The summed E-state index contributed by atoms with van der Waals surface area (Å²) in [4.78, 5) is 3.92. The monoisotopic (exact) mass is 254 g/mol. The first kappa shape index (κ1) is 12.9. The van der Waals surface area contributed by atoms with Crippen molar-refractivity contribution in [1.29, 1.82) is 5.26 Å². The Bertz CT molecular complexity index is 591. The molecule has 2 rings (SSSR count). The number of para-hydroxylation sites is 2. The highest BCUT2D eigenvalue weighted by Crippen LogP contribution is 2.27. The van der Waals surface area contributed by atoms with E-state index < -0.39 is 0 Å². The number of aromatic nitrogens is 1. The number of hydrogen-bond acceptors (Lipinski definition) is 4. The van der Waals surface area contributed by atoms with Gasteiger partial charge in [-0.15, -0.1) is 0 Å². The van der Waals surface area contributed by atoms with Gasteiger partial charge in [-0.1, -0.05) is 12.1 Å². The van der Waals surface area contributed by atoms with Crippen molar-refractivity contribution in [2.45, 2.75) is 13.5 Å². The fourth-order valence-corrected chi connectivity index (χ4v) is 1.63. The number of ether oxygens (including phenoxy) is 2. The van der Waals surface area contributed by atoms with Crippen molar-refractivity contribution in [1.82, 2.24) is 4.98 Å². The maximum atomic E-state index is 8.79. The molecule has 4 nitrogen and oxygen atoms in total. The van der Waals surface area contributed by atoms with Crippen LogP contribution in [0.4, 0.5) is 0 Å². The summed E-state index contributed by atoms with van der Waals surface area (Å²) < 4.78 is 11.2. The standard InChI is InChI=1S/C15H14N2O2/c1-2-18-14-5-3-4-6-15(14)19-11-12-7-8-17-13(9-12)10-16/h3-9H,2,11H2,1H3. The van der Waals surface area contributed by atoms with E-state index in [0.29, 0.717) is 24.7 Å². The topological polar surface area (TPSA) is 55.1 Å². The Morgan fingerprint density at radius 1 is 1.16 bits per heavy atom. The van der Waals surface area contributed by atoms with Crippen molar-refractivity contribution in [3.05, 3.63) is 53.9 Å². The van der Waals surface area contributed by atoms with Crippen LogP contribution in [0.5, 0.6) is 11.5 Å². The summed E-state index contributed by atoms with van der Waals surface area (Å²) in [6.07, 6.45) is 1.60. The molecule has 19 heavy (non-hydrogen) atoms. The molecule has 0 aliphatic carbocycles. The number of nitrogens with zero attached hydrogens (tertiary/aromatic N) is 2. The van der Waals surface area contributed by atoms with Gasteiger partial charge in [-0.3, -0.25) is 0 Å². The van der Waals surface area contributed by atoms with E-state index in [2.05, 4.69) is 4.98 Å². The first-order chi connectivity index (χ1) is 9.33. The lowest BCUT2D eigenvalue weighted by Crippen LogP contribution is -2.00. The molecule has 0 radical (unpaired) electrons. The first-order valence-electron chi connectivity index (χ1n) is 6.03. The molecule has 0 atom stereocenters. The van der Waals surface area contributed by atoms with E-state index in [9.17, 15) is 0 Å². The molecular formula is C15H14N2O2. The minimum atomic E-state index is 0.376. The van der Waals surface area contributed by atoms with Crippen LogP contribution in [0.2, 0.25) is 0 Å². The predicted octanol–water partition coefficient (Wildman–Crippen LogP) is 2.93. The highest BCUT2D eigenvalue weighted by Gasteiger charge is 2.04. The average molecular weight is 254 g/mol. The zero-order chi connectivity index (χ0) is 13.5. The maximum absolute atomic E-state index is 8.79. The van der Waals surface area contributed by atoms with Crippen LogP contribution in [0.15, 0.2) is 42.6 Å². The molecule has 0 aliphatic rings. The van der Waals surface area contributed by atoms with E-state index in [0.717, 1.165) is 11.3 Å². The van der Waals surface area contributed by atoms with E-state index in [1.54, 1.807) is 12.3 Å². The Hall–Kier alpha value is -2.54. The van der Waals surface area contributed by atoms with Crippen molar-refractivity contribution in [3.63, 3.8) is 0 Å². The van der Waals surface area contributed by atoms with Gasteiger partial charge in [0, 0.05) is 6.20 Å². The van der Waals surface area contributed by atoms with Crippen molar-refractivity contribution in [2.75, 3.05) is 6.61 Å². The molecule has 1 aromatic heterocycles. The second-order valence-corrected chi connectivity index (χ2v) is 3.83. The van der Waals surface area contributed by atoms with Crippen molar-refractivity contribution in [3.8, 4) is 17.6 Å². The van der Waals surface area contributed by atoms with Crippen molar-refractivity contribution in [2.24, 2.45) is 0 Å². The molecular weight excluding hydrogens is 240 g/mol. The third-order valence-electron chi connectivity index (χ3n) is 2.48. The Morgan fingerprint density at radius 3 is 2.58 bits per heavy atom. The molecule has 4 heteroatoms. The minimum absolute atomic E-state index is 0.376. The quantitative estimate of drug-likeness (QED) is 0.823. The molecule has 1 heterocycles. The van der Waals surface area contributed by atoms with Gasteiger partial charge < -0.3 is 9.47 Å². The lowest BCUT2D eigenvalue weighted by atomic mass is 10.2. The van der Waals surface area contributed by atoms with Gasteiger partial charge in [-0.25, -0.2) is 4.98 Å². The van der Waals surface area contributed by atoms with Gasteiger partial charge in [0.25, 0.3) is 0 Å². The molecule has 96 valence electrons. The van der Waals surface area contributed by atoms with Crippen LogP contribution >= 0.6 is 0 Å². The van der Waals surface area contributed by atoms with Gasteiger partial charge >= 0.3 is 0 Å². The fraction of sp³-hybridized carbons (Fsp3) is 0.200. The van der Waals surface area contributed by atoms with Gasteiger partial charge in [0.1, 0.15) is 18.4 Å². The van der Waals surface area contributed by atoms with Crippen molar-refractivity contribution >= 4 is 0 Å². The van der Waals surface area contributed by atoms with E-state index in [-0.39, 0.29) is 0 Å². The third-order valence-corrected chi connectivity index (χ3v) is 2.48. The minimum Gasteiger partial charge on any atom is -0.490 e. The van der Waals surface area contributed by atoms with E-state index in [4.69, 9.17) is 14.7 Å². The Balaban J connectivity index is 2.08. The highest BCUT2D eigenvalue weighted by molar-refractivity contribution is 5.39. The van der Waals surface area contributed by atoms with Gasteiger partial charge in [0.2, 0.25) is 0 Å². The number of rotatable bonds is 5. The molecule has 0 saturated heterocycles. The van der Waals surface area contributed by atoms with Gasteiger partial charge in [0.15, 0.2) is 11.5 Å². The van der Waals surface area contributed by atoms with Gasteiger partial charge in [-0.05, 0) is 36.8 Å². The molecule has 0 aliphatic heterocycles. The van der Waals surface area contributed by atoms with E-state index in [1.165, 1.54) is 0 Å². The highest BCUT2D eigenvalue weighted by atomic mass is 16.5. The third kappa shape index (κ3) is 3.46. The summed E-state index contributed by atoms with van der Waals surface area (Å²) in [6.45, 7) is 2.90. The van der Waals surface area contributed by atoms with Gasteiger partial charge in [0.05, 0.1) is 6.61 Å². The number of nitriles is 1. The summed E-state index contributed by atoms with van der Waals surface area (Å²) in [6, 6.07) is 13.1. The normalized spacial score (nSPS) is 9.68. The lowest BCUT2D eigenvalue weighted by molar-refractivity contribution is 0.269. The van der Waals surface area contributed by atoms with Crippen LogP contribution in [-0.2, 0) is 6.61 Å². The largest absolute Gasteiger partial charge is 0.490 e. The molecule has 0 spiro atoms. The second kappa shape index (κ2) is 6.41. The Morgan fingerprint density at radius 2 is 1.89 bits per heavy atom. The van der Waals surface area contributed by atoms with Crippen LogP contribution < -0.4 is 9.47 Å². The Kier molecular flexibility index (Phi) is 4.35. The van der Waals surface area contributed by atoms with Crippen LogP contribution in [0.3, 0.4) is 0 Å². The molecule has 0 bridgehead atoms. The summed E-state index contributed by atoms with van der Waals surface area (Å²) in [7, 11) is 0. The zero-order valence-corrected chi connectivity index (χ0v) is 10.7. The average Bonchev–Trinajstić information content (AvgIpc) is 2.47. The SMILES string of the molecule is CCOc1ccccc1OCc1ccnc(C#N)c1. The summed E-state index contributed by atoms with van der Waals surface area (Å²) >= 11 is 0. The first-order valence-corrected chi connectivity index (χ1v) is 6.03. The molecule has 0 amide bonds. The predicted molar refractivity (Wildman–Crippen MR) is 70.9 cm³/mol. The summed E-state index contributed by atoms with van der Waals surface area (Å²) in [5.41, 5.74) is 1.29. The van der Waals surface area contributed by atoms with Gasteiger partial charge in [-0.2, -0.15) is 5.26 Å². The zero-order valence-electron chi connectivity index (χ0n) is 10.7. The lowest BCUT2D eigenvalue weighted by Gasteiger charge is -2.11. The molecule has 0 fully saturated rings. The Labute approximate surface area is 112 Å². The number of benzene rings is 1. The van der Waals surface area contributed by atoms with E-state index >= 15 is 0 Å². The fourth-order valence-electron chi connectivity index (χ4n) is 1.63. The number of hydrogen-bond donors (Lipinski definition) is 0. The molecule has 0 unspecified atom stereocenters. The van der Waals surface area contributed by atoms with Crippen molar-refractivity contribution < 1.29 is 9.47 Å². The molecule has 0 N–H and O–H groups in total. The summed E-state index contributed by atoms with van der Waals surface area (Å²) in [5, 5.41) is 8.79. The number of pyridine rings is 1. The van der Waals surface area contributed by atoms with Crippen LogP contribution in [0.25, 0.3) is 0 Å². The molecule has 2 aromatic rings. The summed E-state index contributed by atoms with van der Waals surface area (Å²) in [5.74, 6) is 1.42. The van der Waals surface area contributed by atoms with Crippen LogP contribution in [0, 0.1) is 11.3 Å². The molecule has 1 aromatic carbocycles. The van der Waals surface area contributed by atoms with Crippen LogP contribution in [-0.4, -0.2) is 11.6 Å².